The molecule has 5 aromatic heterocycles. The Morgan fingerprint density at radius 2 is 0.770 bits per heavy atom. The van der Waals surface area contributed by atoms with E-state index >= 15 is 0 Å². The third kappa shape index (κ3) is 6.01. The number of fused-ring (bicyclic) bond motifs is 16. The minimum absolute atomic E-state index is 0.122. The predicted molar refractivity (Wildman–Crippen MR) is 315 cm³/mol. The number of pyridine rings is 1. The summed E-state index contributed by atoms with van der Waals surface area (Å²) in [7, 11) is 0. The van der Waals surface area contributed by atoms with Gasteiger partial charge in [-0.2, -0.15) is 0 Å². The van der Waals surface area contributed by atoms with Crippen molar-refractivity contribution in [3.8, 4) is 0 Å². The van der Waals surface area contributed by atoms with Crippen LogP contribution in [0.2, 0.25) is 0 Å². The summed E-state index contributed by atoms with van der Waals surface area (Å²) in [6, 6.07) is 78.5. The van der Waals surface area contributed by atoms with Gasteiger partial charge in [-0.1, -0.05) is 163 Å². The second-order valence-electron chi connectivity index (χ2n) is 22.4. The molecule has 74 heavy (non-hydrogen) atoms. The van der Waals surface area contributed by atoms with Crippen molar-refractivity contribution in [2.24, 2.45) is 0 Å². The van der Waals surface area contributed by atoms with Crippen LogP contribution >= 0.6 is 0 Å². The summed E-state index contributed by atoms with van der Waals surface area (Å²) in [5.41, 5.74) is 16.8. The molecule has 0 saturated carbocycles. The van der Waals surface area contributed by atoms with Gasteiger partial charge < -0.3 is 14.2 Å². The number of benzene rings is 10. The quantitative estimate of drug-likeness (QED) is 0.166. The highest BCUT2D eigenvalue weighted by Crippen LogP contribution is 2.53. The molecule has 0 spiro atoms. The zero-order valence-corrected chi connectivity index (χ0v) is 42.4. The largest absolute Gasteiger partial charge is 0.308 e. The topological polar surface area (TPSA) is 28.2 Å². The molecule has 5 heteroatoms. The molecule has 0 bridgehead atoms. The zero-order valence-electron chi connectivity index (χ0n) is 42.4. The highest BCUT2D eigenvalue weighted by Gasteiger charge is 2.32. The standard InChI is InChI=1S/C69H53N5/c1-68(2,3)44-37-52-53-39-45(69(4,5)6)40-59(72(48-29-15-9-16-30-48)49-31-17-10-18-32-49)64(53)74-63(52)54(38-44)55-41-57-62(70-67(55)74)61-51-34-22-19-23-42(51)35-56-60-50-33-21-20-24-43(50)36-58(66(60)73(57)65(56)61)71(46-25-11-7-12-26-46)47-27-13-8-14-28-47/h7-41H,1-6H3. The van der Waals surface area contributed by atoms with Gasteiger partial charge in [0.2, 0.25) is 0 Å². The second-order valence-corrected chi connectivity index (χ2v) is 22.4. The monoisotopic (exact) mass is 951 g/mol. The number of hydrogen-bond donors (Lipinski definition) is 0. The number of rotatable bonds is 6. The van der Waals surface area contributed by atoms with Crippen molar-refractivity contribution in [3.05, 3.63) is 223 Å². The highest BCUT2D eigenvalue weighted by atomic mass is 15.2. The van der Waals surface area contributed by atoms with Gasteiger partial charge in [0.1, 0.15) is 5.65 Å². The zero-order chi connectivity index (χ0) is 49.8. The summed E-state index contributed by atoms with van der Waals surface area (Å²) in [6.07, 6.45) is 0. The predicted octanol–water partition coefficient (Wildman–Crippen LogP) is 19.2. The van der Waals surface area contributed by atoms with Crippen molar-refractivity contribution in [3.63, 3.8) is 0 Å². The molecule has 15 aromatic rings. The van der Waals surface area contributed by atoms with Crippen LogP contribution in [0.5, 0.6) is 0 Å². The van der Waals surface area contributed by atoms with E-state index in [1.54, 1.807) is 0 Å². The molecular formula is C69H53N5. The molecule has 0 unspecified atom stereocenters. The van der Waals surface area contributed by atoms with Crippen molar-refractivity contribution in [2.75, 3.05) is 9.80 Å². The van der Waals surface area contributed by atoms with Crippen molar-refractivity contribution in [2.45, 2.75) is 52.4 Å². The molecule has 0 aliphatic heterocycles. The van der Waals surface area contributed by atoms with E-state index in [1.165, 1.54) is 81.5 Å². The normalized spacial score (nSPS) is 12.7. The molecule has 0 saturated heterocycles. The SMILES string of the molecule is CC(C)(C)c1cc(N(c2ccccc2)c2ccccc2)c2c(c1)c1cc(C(C)(C)C)cc3c4cc5c(nc4n2c31)c1c2ccccc2cc2c3c4ccccc4cc(N(c4ccccc4)c4ccccc4)c3n5c21. The smallest absolute Gasteiger partial charge is 0.146 e. The van der Waals surface area contributed by atoms with Gasteiger partial charge in [0.15, 0.2) is 0 Å². The first-order valence-electron chi connectivity index (χ1n) is 26.0. The Hall–Kier alpha value is -8.93. The molecule has 0 N–H and O–H groups in total. The van der Waals surface area contributed by atoms with E-state index in [0.29, 0.717) is 0 Å². The Morgan fingerprint density at radius 3 is 1.30 bits per heavy atom. The Labute approximate surface area is 429 Å². The molecular weight excluding hydrogens is 899 g/mol. The minimum Gasteiger partial charge on any atom is -0.308 e. The van der Waals surface area contributed by atoms with Crippen LogP contribution < -0.4 is 9.80 Å². The van der Waals surface area contributed by atoms with E-state index in [4.69, 9.17) is 4.98 Å². The van der Waals surface area contributed by atoms with E-state index in [2.05, 4.69) is 272 Å². The van der Waals surface area contributed by atoms with Gasteiger partial charge in [0.25, 0.3) is 0 Å². The first-order chi connectivity index (χ1) is 36.0. The number of hydrogen-bond acceptors (Lipinski definition) is 3. The van der Waals surface area contributed by atoms with Crippen molar-refractivity contribution in [1.29, 1.82) is 0 Å². The number of para-hydroxylation sites is 4. The van der Waals surface area contributed by atoms with Gasteiger partial charge in [-0.05, 0) is 134 Å². The maximum Gasteiger partial charge on any atom is 0.146 e. The average molecular weight is 952 g/mol. The van der Waals surface area contributed by atoms with Crippen LogP contribution in [0.15, 0.2) is 212 Å². The molecule has 354 valence electrons. The molecule has 5 heterocycles. The Balaban J connectivity index is 1.18. The third-order valence-corrected chi connectivity index (χ3v) is 15.9. The van der Waals surface area contributed by atoms with Crippen LogP contribution in [-0.2, 0) is 10.8 Å². The lowest BCUT2D eigenvalue weighted by molar-refractivity contribution is 0.591. The van der Waals surface area contributed by atoms with Crippen LogP contribution in [0.1, 0.15) is 52.7 Å². The Bertz CT molecular complexity index is 4630. The fraction of sp³-hybridized carbons (Fsp3) is 0.116. The van der Waals surface area contributed by atoms with Crippen LogP contribution in [0.3, 0.4) is 0 Å². The Kier molecular flexibility index (Phi) is 8.83. The fourth-order valence-corrected chi connectivity index (χ4v) is 12.4. The van der Waals surface area contributed by atoms with Gasteiger partial charge >= 0.3 is 0 Å². The highest BCUT2D eigenvalue weighted by molar-refractivity contribution is 6.37. The fourth-order valence-electron chi connectivity index (χ4n) is 12.4. The van der Waals surface area contributed by atoms with Gasteiger partial charge in [-0.3, -0.25) is 4.40 Å². The molecule has 0 atom stereocenters. The van der Waals surface area contributed by atoms with E-state index in [9.17, 15) is 0 Å². The number of aromatic nitrogens is 3. The second kappa shape index (κ2) is 15.3. The lowest BCUT2D eigenvalue weighted by Crippen LogP contribution is -2.15. The van der Waals surface area contributed by atoms with Gasteiger partial charge in [-0.25, -0.2) is 4.98 Å². The van der Waals surface area contributed by atoms with E-state index in [-0.39, 0.29) is 10.8 Å². The molecule has 0 radical (unpaired) electrons. The van der Waals surface area contributed by atoms with Gasteiger partial charge in [0, 0.05) is 60.5 Å². The summed E-state index contributed by atoms with van der Waals surface area (Å²) >= 11 is 0. The van der Waals surface area contributed by atoms with Crippen LogP contribution in [0.4, 0.5) is 34.1 Å². The van der Waals surface area contributed by atoms with Crippen molar-refractivity contribution < 1.29 is 0 Å². The Morgan fingerprint density at radius 1 is 0.338 bits per heavy atom. The summed E-state index contributed by atoms with van der Waals surface area (Å²) < 4.78 is 5.11. The third-order valence-electron chi connectivity index (χ3n) is 15.9. The first kappa shape index (κ1) is 42.7. The summed E-state index contributed by atoms with van der Waals surface area (Å²) in [6.45, 7) is 14.0. The molecule has 0 aliphatic carbocycles. The minimum atomic E-state index is -0.126. The maximum absolute atomic E-state index is 6.14. The van der Waals surface area contributed by atoms with Gasteiger partial charge in [0.05, 0.1) is 44.5 Å². The molecule has 10 aromatic carbocycles. The van der Waals surface area contributed by atoms with E-state index in [0.717, 1.165) is 61.7 Å². The van der Waals surface area contributed by atoms with E-state index in [1.807, 2.05) is 0 Å². The van der Waals surface area contributed by atoms with Crippen LogP contribution in [0, 0.1) is 0 Å². The van der Waals surface area contributed by atoms with Gasteiger partial charge in [-0.15, -0.1) is 0 Å². The van der Waals surface area contributed by atoms with Crippen LogP contribution in [0.25, 0.3) is 98.0 Å². The molecule has 0 amide bonds. The number of anilines is 6. The summed E-state index contributed by atoms with van der Waals surface area (Å²) in [4.78, 5) is 11.0. The van der Waals surface area contributed by atoms with Crippen molar-refractivity contribution in [1.82, 2.24) is 13.8 Å². The average Bonchev–Trinajstić information content (AvgIpc) is 4.15. The summed E-state index contributed by atoms with van der Waals surface area (Å²) in [5, 5.41) is 13.4. The first-order valence-corrected chi connectivity index (χ1v) is 26.0. The lowest BCUT2D eigenvalue weighted by Gasteiger charge is -2.29. The van der Waals surface area contributed by atoms with Crippen molar-refractivity contribution >= 4 is 132 Å². The molecule has 15 rings (SSSR count). The lowest BCUT2D eigenvalue weighted by atomic mass is 9.84. The maximum atomic E-state index is 6.14. The molecule has 0 fully saturated rings. The summed E-state index contributed by atoms with van der Waals surface area (Å²) in [5.74, 6) is 0. The van der Waals surface area contributed by atoms with E-state index < -0.39 is 0 Å². The van der Waals surface area contributed by atoms with Crippen LogP contribution in [-0.4, -0.2) is 13.8 Å². The molecule has 0 aliphatic rings. The number of nitrogens with zero attached hydrogens (tertiary/aromatic N) is 5. The molecule has 5 nitrogen and oxygen atoms in total.